The van der Waals surface area contributed by atoms with E-state index in [1.807, 2.05) is 26.0 Å². The lowest BCUT2D eigenvalue weighted by atomic mass is 10.1. The molecule has 0 unspecified atom stereocenters. The monoisotopic (exact) mass is 237 g/mol. The molecule has 4 nitrogen and oxygen atoms in total. The summed E-state index contributed by atoms with van der Waals surface area (Å²) in [5.74, 6) is 0.954. The second-order valence-electron chi connectivity index (χ2n) is 3.64. The van der Waals surface area contributed by atoms with E-state index < -0.39 is 0 Å². The van der Waals surface area contributed by atoms with Gasteiger partial charge in [0.05, 0.1) is 6.54 Å². The second kappa shape index (κ2) is 4.23. The van der Waals surface area contributed by atoms with Crippen molar-refractivity contribution in [3.63, 3.8) is 0 Å². The molecule has 0 fully saturated rings. The first-order chi connectivity index (χ1) is 7.61. The maximum atomic E-state index is 6.10. The number of aryl methyl sites for hydroxylation is 1. The lowest BCUT2D eigenvalue weighted by molar-refractivity contribution is 0.380. The van der Waals surface area contributed by atoms with Gasteiger partial charge in [-0.05, 0) is 37.1 Å². The van der Waals surface area contributed by atoms with Crippen molar-refractivity contribution in [2.75, 3.05) is 0 Å². The lowest BCUT2D eigenvalue weighted by Crippen LogP contribution is -1.96. The number of aromatic nitrogens is 2. The predicted molar refractivity (Wildman–Crippen MR) is 62.1 cm³/mol. The zero-order valence-corrected chi connectivity index (χ0v) is 9.88. The van der Waals surface area contributed by atoms with Gasteiger partial charge in [0, 0.05) is 10.6 Å². The lowest BCUT2D eigenvalue weighted by Gasteiger charge is -2.05. The van der Waals surface area contributed by atoms with Crippen molar-refractivity contribution >= 4 is 11.6 Å². The van der Waals surface area contributed by atoms with Gasteiger partial charge in [-0.25, -0.2) is 0 Å². The molecule has 0 saturated carbocycles. The number of rotatable bonds is 2. The molecule has 0 aliphatic carbocycles. The van der Waals surface area contributed by atoms with Gasteiger partial charge >= 0.3 is 0 Å². The fraction of sp³-hybridized carbons (Fsp3) is 0.273. The van der Waals surface area contributed by atoms with Crippen LogP contribution in [-0.4, -0.2) is 10.1 Å². The molecule has 84 valence electrons. The topological polar surface area (TPSA) is 64.9 Å². The van der Waals surface area contributed by atoms with E-state index in [1.54, 1.807) is 0 Å². The van der Waals surface area contributed by atoms with Crippen LogP contribution in [0.3, 0.4) is 0 Å². The van der Waals surface area contributed by atoms with E-state index in [0.717, 1.165) is 16.7 Å². The Bertz CT molecular complexity index is 522. The van der Waals surface area contributed by atoms with Gasteiger partial charge in [-0.15, -0.1) is 0 Å². The summed E-state index contributed by atoms with van der Waals surface area (Å²) in [7, 11) is 0. The minimum atomic E-state index is 0.242. The smallest absolute Gasteiger partial charge is 0.240 e. The Morgan fingerprint density at radius 1 is 1.38 bits per heavy atom. The third-order valence-electron chi connectivity index (χ3n) is 2.37. The van der Waals surface area contributed by atoms with Crippen LogP contribution in [0.5, 0.6) is 0 Å². The van der Waals surface area contributed by atoms with E-state index in [-0.39, 0.29) is 6.54 Å². The Kier molecular flexibility index (Phi) is 2.94. The van der Waals surface area contributed by atoms with Crippen LogP contribution in [-0.2, 0) is 6.54 Å². The van der Waals surface area contributed by atoms with Crippen molar-refractivity contribution in [3.8, 4) is 11.4 Å². The molecule has 2 aromatic rings. The summed E-state index contributed by atoms with van der Waals surface area (Å²) in [5, 5.41) is 4.58. The van der Waals surface area contributed by atoms with Crippen molar-refractivity contribution in [1.82, 2.24) is 10.1 Å². The molecular weight excluding hydrogens is 226 g/mol. The number of nitrogens with zero attached hydrogens (tertiary/aromatic N) is 2. The van der Waals surface area contributed by atoms with Crippen LogP contribution >= 0.6 is 11.6 Å². The first-order valence-electron chi connectivity index (χ1n) is 4.91. The van der Waals surface area contributed by atoms with Gasteiger partial charge in [0.2, 0.25) is 11.7 Å². The van der Waals surface area contributed by atoms with Crippen LogP contribution in [0, 0.1) is 13.8 Å². The summed E-state index contributed by atoms with van der Waals surface area (Å²) >= 11 is 6.10. The highest BCUT2D eigenvalue weighted by molar-refractivity contribution is 6.31. The molecule has 2 N–H and O–H groups in total. The first-order valence-corrected chi connectivity index (χ1v) is 5.29. The van der Waals surface area contributed by atoms with Crippen molar-refractivity contribution < 1.29 is 4.52 Å². The van der Waals surface area contributed by atoms with E-state index in [0.29, 0.717) is 16.7 Å². The third kappa shape index (κ3) is 1.94. The zero-order valence-electron chi connectivity index (χ0n) is 9.12. The predicted octanol–water partition coefficient (Wildman–Crippen LogP) is 2.47. The minimum Gasteiger partial charge on any atom is -0.338 e. The van der Waals surface area contributed by atoms with E-state index in [4.69, 9.17) is 21.9 Å². The van der Waals surface area contributed by atoms with E-state index in [1.165, 1.54) is 0 Å². The largest absolute Gasteiger partial charge is 0.338 e. The molecule has 0 radical (unpaired) electrons. The van der Waals surface area contributed by atoms with Crippen molar-refractivity contribution in [3.05, 3.63) is 34.2 Å². The molecule has 0 aliphatic rings. The maximum Gasteiger partial charge on any atom is 0.240 e. The minimum absolute atomic E-state index is 0.242. The zero-order chi connectivity index (χ0) is 11.7. The fourth-order valence-electron chi connectivity index (χ4n) is 1.49. The highest BCUT2D eigenvalue weighted by atomic mass is 35.5. The molecule has 0 saturated heterocycles. The van der Waals surface area contributed by atoms with E-state index in [9.17, 15) is 0 Å². The Morgan fingerprint density at radius 3 is 2.75 bits per heavy atom. The van der Waals surface area contributed by atoms with Gasteiger partial charge in [-0.1, -0.05) is 16.8 Å². The second-order valence-corrected chi connectivity index (χ2v) is 4.04. The fourth-order valence-corrected chi connectivity index (χ4v) is 1.77. The van der Waals surface area contributed by atoms with Crippen molar-refractivity contribution in [1.29, 1.82) is 0 Å². The summed E-state index contributed by atoms with van der Waals surface area (Å²) < 4.78 is 4.97. The summed E-state index contributed by atoms with van der Waals surface area (Å²) in [6.07, 6.45) is 0. The summed E-state index contributed by atoms with van der Waals surface area (Å²) in [5.41, 5.74) is 8.30. The first kappa shape index (κ1) is 11.1. The molecule has 0 atom stereocenters. The molecule has 16 heavy (non-hydrogen) atoms. The Labute approximate surface area is 98.4 Å². The number of hydrogen-bond donors (Lipinski definition) is 1. The standard InChI is InChI=1S/C11H12ClN3O/c1-6-3-8(7(2)9(12)4-6)11-14-10(5-13)16-15-11/h3-4H,5,13H2,1-2H3. The Balaban J connectivity index is 2.54. The van der Waals surface area contributed by atoms with Gasteiger partial charge in [0.25, 0.3) is 0 Å². The summed E-state index contributed by atoms with van der Waals surface area (Å²) in [6.45, 7) is 4.14. The molecular formula is C11H12ClN3O. The highest BCUT2D eigenvalue weighted by Crippen LogP contribution is 2.28. The molecule has 0 spiro atoms. The number of hydrogen-bond acceptors (Lipinski definition) is 4. The van der Waals surface area contributed by atoms with Gasteiger partial charge in [-0.3, -0.25) is 0 Å². The quantitative estimate of drug-likeness (QED) is 0.872. The van der Waals surface area contributed by atoms with Crippen LogP contribution in [0.15, 0.2) is 16.7 Å². The van der Waals surface area contributed by atoms with E-state index in [2.05, 4.69) is 10.1 Å². The number of nitrogens with two attached hydrogens (primary N) is 1. The van der Waals surface area contributed by atoms with Crippen LogP contribution < -0.4 is 5.73 Å². The maximum absolute atomic E-state index is 6.10. The Morgan fingerprint density at radius 2 is 2.12 bits per heavy atom. The molecule has 5 heteroatoms. The molecule has 2 rings (SSSR count). The van der Waals surface area contributed by atoms with Gasteiger partial charge in [0.1, 0.15) is 0 Å². The summed E-state index contributed by atoms with van der Waals surface area (Å²) in [6, 6.07) is 3.89. The van der Waals surface area contributed by atoms with E-state index >= 15 is 0 Å². The molecule has 1 aromatic carbocycles. The molecule has 0 bridgehead atoms. The normalized spacial score (nSPS) is 10.8. The van der Waals surface area contributed by atoms with Crippen LogP contribution in [0.2, 0.25) is 5.02 Å². The molecule has 1 aromatic heterocycles. The number of halogens is 1. The van der Waals surface area contributed by atoms with Crippen LogP contribution in [0.1, 0.15) is 17.0 Å². The molecule has 0 amide bonds. The van der Waals surface area contributed by atoms with Gasteiger partial charge < -0.3 is 10.3 Å². The van der Waals surface area contributed by atoms with Gasteiger partial charge in [-0.2, -0.15) is 4.98 Å². The summed E-state index contributed by atoms with van der Waals surface area (Å²) in [4.78, 5) is 4.18. The van der Waals surface area contributed by atoms with Crippen molar-refractivity contribution in [2.45, 2.75) is 20.4 Å². The van der Waals surface area contributed by atoms with Crippen LogP contribution in [0.4, 0.5) is 0 Å². The highest BCUT2D eigenvalue weighted by Gasteiger charge is 2.12. The Hall–Kier alpha value is -1.39. The van der Waals surface area contributed by atoms with Crippen molar-refractivity contribution in [2.24, 2.45) is 5.73 Å². The SMILES string of the molecule is Cc1cc(Cl)c(C)c(-c2noc(CN)n2)c1. The van der Waals surface area contributed by atoms with Crippen LogP contribution in [0.25, 0.3) is 11.4 Å². The average Bonchev–Trinajstić information content (AvgIpc) is 2.71. The molecule has 1 heterocycles. The third-order valence-corrected chi connectivity index (χ3v) is 2.76. The molecule has 0 aliphatic heterocycles. The van der Waals surface area contributed by atoms with Gasteiger partial charge in [0.15, 0.2) is 0 Å². The number of benzene rings is 1. The average molecular weight is 238 g/mol.